The fourth-order valence-corrected chi connectivity index (χ4v) is 4.10. The van der Waals surface area contributed by atoms with Crippen LogP contribution in [0, 0.1) is 0 Å². The van der Waals surface area contributed by atoms with Crippen molar-refractivity contribution < 1.29 is 22.7 Å². The molecule has 0 bridgehead atoms. The van der Waals surface area contributed by atoms with Gasteiger partial charge in [-0.2, -0.15) is 24.9 Å². The Morgan fingerprint density at radius 2 is 2.00 bits per heavy atom. The first-order chi connectivity index (χ1) is 9.91. The van der Waals surface area contributed by atoms with Crippen LogP contribution in [0.15, 0.2) is 0 Å². The zero-order chi connectivity index (χ0) is 15.3. The fraction of sp³-hybridized carbons (Fsp3) is 0.917. The lowest BCUT2D eigenvalue weighted by Gasteiger charge is -2.43. The molecule has 2 N–H and O–H groups in total. The maximum Gasteiger partial charge on any atom is 0.405 e. The normalized spacial score (nSPS) is 27.6. The van der Waals surface area contributed by atoms with Gasteiger partial charge in [0.2, 0.25) is 0 Å². The van der Waals surface area contributed by atoms with Gasteiger partial charge in [-0.3, -0.25) is 4.90 Å². The van der Waals surface area contributed by atoms with Gasteiger partial charge in [0, 0.05) is 30.9 Å². The van der Waals surface area contributed by atoms with E-state index in [1.165, 1.54) is 0 Å². The van der Waals surface area contributed by atoms with E-state index in [0.29, 0.717) is 19.8 Å². The number of amides is 2. The van der Waals surface area contributed by atoms with Crippen LogP contribution < -0.4 is 10.6 Å². The van der Waals surface area contributed by atoms with Gasteiger partial charge in [-0.1, -0.05) is 0 Å². The molecule has 5 nitrogen and oxygen atoms in total. The Labute approximate surface area is 125 Å². The van der Waals surface area contributed by atoms with Gasteiger partial charge in [-0.05, 0) is 12.2 Å². The van der Waals surface area contributed by atoms with Crippen molar-refractivity contribution in [1.82, 2.24) is 15.5 Å². The van der Waals surface area contributed by atoms with Gasteiger partial charge in [0.15, 0.2) is 0 Å². The minimum absolute atomic E-state index is 0.163. The number of urea groups is 1. The third kappa shape index (κ3) is 4.93. The van der Waals surface area contributed by atoms with Gasteiger partial charge in [0.05, 0.1) is 13.2 Å². The van der Waals surface area contributed by atoms with E-state index < -0.39 is 18.8 Å². The van der Waals surface area contributed by atoms with Crippen LogP contribution in [0.2, 0.25) is 0 Å². The van der Waals surface area contributed by atoms with E-state index in [1.54, 1.807) is 0 Å². The first-order valence-electron chi connectivity index (χ1n) is 6.90. The molecule has 2 amide bonds. The smallest absolute Gasteiger partial charge is 0.379 e. The van der Waals surface area contributed by atoms with Crippen molar-refractivity contribution in [1.29, 1.82) is 0 Å². The molecule has 2 saturated heterocycles. The monoisotopic (exact) mass is 327 g/mol. The highest BCUT2D eigenvalue weighted by molar-refractivity contribution is 7.99. The summed E-state index contributed by atoms with van der Waals surface area (Å²) in [5.74, 6) is 1.88. The van der Waals surface area contributed by atoms with Crippen LogP contribution in [0.25, 0.3) is 0 Å². The maximum absolute atomic E-state index is 12.1. The van der Waals surface area contributed by atoms with Crippen molar-refractivity contribution in [3.8, 4) is 0 Å². The lowest BCUT2D eigenvalue weighted by atomic mass is 9.95. The van der Waals surface area contributed by atoms with Crippen molar-refractivity contribution in [2.45, 2.75) is 18.1 Å². The summed E-state index contributed by atoms with van der Waals surface area (Å²) in [5, 5.41) is 4.43. The highest BCUT2D eigenvalue weighted by Gasteiger charge is 2.41. The summed E-state index contributed by atoms with van der Waals surface area (Å²) in [6.07, 6.45) is -3.46. The Morgan fingerprint density at radius 1 is 1.29 bits per heavy atom. The van der Waals surface area contributed by atoms with Crippen LogP contribution in [-0.2, 0) is 4.74 Å². The fourth-order valence-electron chi connectivity index (χ4n) is 2.62. The number of ether oxygens (including phenoxy) is 1. The van der Waals surface area contributed by atoms with Crippen LogP contribution in [0.1, 0.15) is 6.42 Å². The molecule has 2 heterocycles. The molecular weight excluding hydrogens is 307 g/mol. The highest BCUT2D eigenvalue weighted by Crippen LogP contribution is 2.33. The van der Waals surface area contributed by atoms with Gasteiger partial charge < -0.3 is 15.4 Å². The molecule has 2 rings (SSSR count). The van der Waals surface area contributed by atoms with Crippen molar-refractivity contribution in [3.05, 3.63) is 0 Å². The Hall–Kier alpha value is -0.670. The molecule has 21 heavy (non-hydrogen) atoms. The van der Waals surface area contributed by atoms with Gasteiger partial charge in [0.1, 0.15) is 6.54 Å². The average molecular weight is 327 g/mol. The average Bonchev–Trinajstić information content (AvgIpc) is 2.93. The molecule has 2 aliphatic heterocycles. The molecule has 9 heteroatoms. The van der Waals surface area contributed by atoms with E-state index in [1.807, 2.05) is 17.1 Å². The number of carbonyl (C=O) groups excluding carboxylic acids is 1. The molecule has 1 unspecified atom stereocenters. The Kier molecular flexibility index (Phi) is 5.61. The highest BCUT2D eigenvalue weighted by atomic mass is 32.2. The number of thioether (sulfide) groups is 1. The molecular formula is C12H20F3N3O2S. The first kappa shape index (κ1) is 16.7. The van der Waals surface area contributed by atoms with Crippen LogP contribution in [0.5, 0.6) is 0 Å². The zero-order valence-electron chi connectivity index (χ0n) is 11.7. The number of carbonyl (C=O) groups is 1. The van der Waals surface area contributed by atoms with E-state index in [9.17, 15) is 18.0 Å². The largest absolute Gasteiger partial charge is 0.405 e. The van der Waals surface area contributed by atoms with E-state index in [4.69, 9.17) is 4.74 Å². The predicted molar refractivity (Wildman–Crippen MR) is 74.5 cm³/mol. The summed E-state index contributed by atoms with van der Waals surface area (Å²) >= 11 is 1.81. The number of hydrogen-bond donors (Lipinski definition) is 2. The summed E-state index contributed by atoms with van der Waals surface area (Å²) < 4.78 is 41.5. The summed E-state index contributed by atoms with van der Waals surface area (Å²) in [7, 11) is 0. The van der Waals surface area contributed by atoms with E-state index >= 15 is 0 Å². The molecule has 0 saturated carbocycles. The van der Waals surface area contributed by atoms with Gasteiger partial charge in [0.25, 0.3) is 0 Å². The second-order valence-corrected chi connectivity index (χ2v) is 6.38. The number of morpholine rings is 1. The number of nitrogens with zero attached hydrogens (tertiary/aromatic N) is 1. The van der Waals surface area contributed by atoms with Crippen LogP contribution in [0.3, 0.4) is 0 Å². The minimum atomic E-state index is -4.39. The minimum Gasteiger partial charge on any atom is -0.379 e. The number of nitrogens with one attached hydrogen (secondary N) is 2. The van der Waals surface area contributed by atoms with Gasteiger partial charge >= 0.3 is 12.2 Å². The van der Waals surface area contributed by atoms with Crippen LogP contribution in [0.4, 0.5) is 18.0 Å². The van der Waals surface area contributed by atoms with E-state index in [2.05, 4.69) is 10.2 Å². The van der Waals surface area contributed by atoms with Gasteiger partial charge in [-0.15, -0.1) is 0 Å². The topological polar surface area (TPSA) is 53.6 Å². The van der Waals surface area contributed by atoms with Crippen molar-refractivity contribution >= 4 is 17.8 Å². The lowest BCUT2D eigenvalue weighted by molar-refractivity contribution is -0.122. The Bertz CT molecular complexity index is 356. The summed E-state index contributed by atoms with van der Waals surface area (Å²) in [6.45, 7) is 1.97. The number of alkyl halides is 3. The quantitative estimate of drug-likeness (QED) is 0.811. The second-order valence-electron chi connectivity index (χ2n) is 5.28. The molecule has 0 radical (unpaired) electrons. The van der Waals surface area contributed by atoms with Crippen molar-refractivity contribution in [3.63, 3.8) is 0 Å². The summed E-state index contributed by atoms with van der Waals surface area (Å²) in [5.41, 5.74) is -0.163. The Morgan fingerprint density at radius 3 is 2.57 bits per heavy atom. The first-order valence-corrected chi connectivity index (χ1v) is 8.06. The molecule has 122 valence electrons. The van der Waals surface area contributed by atoms with E-state index in [0.717, 1.165) is 31.0 Å². The maximum atomic E-state index is 12.1. The molecule has 2 fully saturated rings. The SMILES string of the molecule is O=C(NCC(F)(F)F)NCC1(N2CCOCC2)CCSC1. The molecule has 2 aliphatic rings. The second kappa shape index (κ2) is 7.06. The predicted octanol–water partition coefficient (Wildman–Crippen LogP) is 1.06. The zero-order valence-corrected chi connectivity index (χ0v) is 12.5. The molecule has 0 aromatic carbocycles. The molecule has 0 aromatic heterocycles. The molecule has 1 atom stereocenters. The molecule has 0 aliphatic carbocycles. The summed E-state index contributed by atoms with van der Waals surface area (Å²) in [4.78, 5) is 13.8. The van der Waals surface area contributed by atoms with Crippen molar-refractivity contribution in [2.75, 3.05) is 50.9 Å². The number of halogens is 3. The molecule has 0 spiro atoms. The third-order valence-corrected chi connectivity index (χ3v) is 5.03. The van der Waals surface area contributed by atoms with Crippen LogP contribution in [-0.4, -0.2) is 73.5 Å². The number of hydrogen-bond acceptors (Lipinski definition) is 4. The van der Waals surface area contributed by atoms with E-state index in [-0.39, 0.29) is 5.54 Å². The van der Waals surface area contributed by atoms with Gasteiger partial charge in [-0.25, -0.2) is 4.79 Å². The third-order valence-electron chi connectivity index (χ3n) is 3.79. The Balaban J connectivity index is 1.84. The standard InChI is InChI=1S/C12H20F3N3O2S/c13-12(14,15)8-17-10(19)16-7-11(1-6-21-9-11)18-2-4-20-5-3-18/h1-9H2,(H2,16,17,19). The lowest BCUT2D eigenvalue weighted by Crippen LogP contribution is -2.60. The summed E-state index contributed by atoms with van der Waals surface area (Å²) in [6, 6.07) is -0.767. The number of rotatable bonds is 4. The molecule has 0 aromatic rings. The van der Waals surface area contributed by atoms with Crippen LogP contribution >= 0.6 is 11.8 Å². The van der Waals surface area contributed by atoms with Crippen molar-refractivity contribution in [2.24, 2.45) is 0 Å².